The van der Waals surface area contributed by atoms with Crippen LogP contribution in [0.25, 0.3) is 10.8 Å². The van der Waals surface area contributed by atoms with Crippen LogP contribution >= 0.6 is 15.9 Å². The first kappa shape index (κ1) is 12.0. The molecule has 3 heteroatoms. The van der Waals surface area contributed by atoms with Crippen molar-refractivity contribution in [2.45, 2.75) is 13.8 Å². The van der Waals surface area contributed by atoms with Crippen LogP contribution in [0, 0.1) is 0 Å². The number of rotatable bonds is 2. The molecule has 2 aromatic rings. The summed E-state index contributed by atoms with van der Waals surface area (Å²) in [6.45, 7) is 3.03. The average Bonchev–Trinajstić information content (AvgIpc) is 2.28. The van der Waals surface area contributed by atoms with E-state index >= 15 is 0 Å². The van der Waals surface area contributed by atoms with Gasteiger partial charge in [-0.15, -0.1) is 0 Å². The van der Waals surface area contributed by atoms with Crippen LogP contribution in [0.5, 0.6) is 0 Å². The van der Waals surface area contributed by atoms with E-state index < -0.39 is 0 Å². The van der Waals surface area contributed by atoms with Crippen molar-refractivity contribution >= 4 is 38.3 Å². The fourth-order valence-corrected chi connectivity index (χ4v) is 2.42. The Labute approximate surface area is 108 Å². The molecule has 0 saturated heterocycles. The van der Waals surface area contributed by atoms with Gasteiger partial charge in [-0.2, -0.15) is 0 Å². The number of benzene rings is 2. The molecular formula is C14H11BrO2. The quantitative estimate of drug-likeness (QED) is 0.783. The molecule has 0 fully saturated rings. The summed E-state index contributed by atoms with van der Waals surface area (Å²) in [6, 6.07) is 9.07. The Morgan fingerprint density at radius 3 is 2.12 bits per heavy atom. The molecule has 0 amide bonds. The predicted octanol–water partition coefficient (Wildman–Crippen LogP) is 4.01. The van der Waals surface area contributed by atoms with Crippen LogP contribution in [0.3, 0.4) is 0 Å². The molecule has 86 valence electrons. The van der Waals surface area contributed by atoms with Crippen LogP contribution < -0.4 is 0 Å². The highest BCUT2D eigenvalue weighted by Gasteiger charge is 2.13. The zero-order valence-corrected chi connectivity index (χ0v) is 11.2. The Hall–Kier alpha value is -1.48. The SMILES string of the molecule is CC(=O)c1cccc2c(Br)ccc(C(C)=O)c12. The first-order valence-electron chi connectivity index (χ1n) is 5.25. The lowest BCUT2D eigenvalue weighted by molar-refractivity contribution is 0.101. The molecule has 2 aromatic carbocycles. The lowest BCUT2D eigenvalue weighted by Crippen LogP contribution is -2.00. The Kier molecular flexibility index (Phi) is 3.11. The first-order valence-corrected chi connectivity index (χ1v) is 6.04. The highest BCUT2D eigenvalue weighted by Crippen LogP contribution is 2.30. The molecule has 0 aromatic heterocycles. The number of carbonyl (C=O) groups is 2. The van der Waals surface area contributed by atoms with Gasteiger partial charge in [-0.25, -0.2) is 0 Å². The van der Waals surface area contributed by atoms with E-state index in [-0.39, 0.29) is 11.6 Å². The molecule has 0 bridgehead atoms. The Bertz CT molecular complexity index is 609. The first-order chi connectivity index (χ1) is 8.02. The Balaban J connectivity index is 2.99. The maximum absolute atomic E-state index is 11.6. The third-order valence-corrected chi connectivity index (χ3v) is 3.44. The highest BCUT2D eigenvalue weighted by molar-refractivity contribution is 9.10. The Morgan fingerprint density at radius 1 is 0.941 bits per heavy atom. The van der Waals surface area contributed by atoms with Gasteiger partial charge in [0.15, 0.2) is 11.6 Å². The molecule has 0 aliphatic heterocycles. The highest BCUT2D eigenvalue weighted by atomic mass is 79.9. The van der Waals surface area contributed by atoms with E-state index in [1.165, 1.54) is 13.8 Å². The molecule has 0 saturated carbocycles. The van der Waals surface area contributed by atoms with E-state index in [2.05, 4.69) is 15.9 Å². The fourth-order valence-electron chi connectivity index (χ4n) is 1.96. The van der Waals surface area contributed by atoms with Crippen molar-refractivity contribution in [2.24, 2.45) is 0 Å². The van der Waals surface area contributed by atoms with Crippen molar-refractivity contribution in [3.63, 3.8) is 0 Å². The number of halogens is 1. The maximum Gasteiger partial charge on any atom is 0.160 e. The van der Waals surface area contributed by atoms with Crippen LogP contribution in [-0.4, -0.2) is 11.6 Å². The summed E-state index contributed by atoms with van der Waals surface area (Å²) in [4.78, 5) is 23.2. The lowest BCUT2D eigenvalue weighted by atomic mass is 9.95. The standard InChI is InChI=1S/C14H11BrO2/c1-8(16)10-4-3-5-12-13(15)7-6-11(9(2)17)14(10)12/h3-7H,1-2H3. The van der Waals surface area contributed by atoms with Crippen molar-refractivity contribution in [1.82, 2.24) is 0 Å². The second-order valence-electron chi connectivity index (χ2n) is 3.94. The van der Waals surface area contributed by atoms with Gasteiger partial charge in [-0.3, -0.25) is 9.59 Å². The molecule has 2 nitrogen and oxygen atoms in total. The number of fused-ring (bicyclic) bond motifs is 1. The molecular weight excluding hydrogens is 280 g/mol. The van der Waals surface area contributed by atoms with Gasteiger partial charge in [-0.1, -0.05) is 34.1 Å². The van der Waals surface area contributed by atoms with Gasteiger partial charge in [0.25, 0.3) is 0 Å². The number of carbonyl (C=O) groups excluding carboxylic acids is 2. The summed E-state index contributed by atoms with van der Waals surface area (Å²) in [6.07, 6.45) is 0. The van der Waals surface area contributed by atoms with Crippen molar-refractivity contribution < 1.29 is 9.59 Å². The molecule has 0 aliphatic carbocycles. The molecule has 2 rings (SSSR count). The van der Waals surface area contributed by atoms with Crippen LogP contribution in [0.2, 0.25) is 0 Å². The van der Waals surface area contributed by atoms with Gasteiger partial charge in [-0.05, 0) is 31.4 Å². The molecule has 0 spiro atoms. The van der Waals surface area contributed by atoms with E-state index in [1.807, 2.05) is 18.2 Å². The van der Waals surface area contributed by atoms with E-state index in [0.717, 1.165) is 15.2 Å². The zero-order chi connectivity index (χ0) is 12.6. The molecule has 0 N–H and O–H groups in total. The van der Waals surface area contributed by atoms with Crippen molar-refractivity contribution in [1.29, 1.82) is 0 Å². The van der Waals surface area contributed by atoms with Gasteiger partial charge >= 0.3 is 0 Å². The molecule has 0 atom stereocenters. The van der Waals surface area contributed by atoms with Gasteiger partial charge in [0, 0.05) is 21.0 Å². The van der Waals surface area contributed by atoms with Crippen molar-refractivity contribution in [3.8, 4) is 0 Å². The van der Waals surface area contributed by atoms with Crippen molar-refractivity contribution in [2.75, 3.05) is 0 Å². The number of ketones is 2. The van der Waals surface area contributed by atoms with Gasteiger partial charge in [0.05, 0.1) is 0 Å². The predicted molar refractivity (Wildman–Crippen MR) is 71.7 cm³/mol. The average molecular weight is 291 g/mol. The summed E-state index contributed by atoms with van der Waals surface area (Å²) in [5.41, 5.74) is 1.18. The zero-order valence-electron chi connectivity index (χ0n) is 9.58. The second kappa shape index (κ2) is 4.41. The summed E-state index contributed by atoms with van der Waals surface area (Å²) < 4.78 is 0.889. The monoisotopic (exact) mass is 290 g/mol. The molecule has 17 heavy (non-hydrogen) atoms. The fraction of sp³-hybridized carbons (Fsp3) is 0.143. The summed E-state index contributed by atoms with van der Waals surface area (Å²) >= 11 is 3.44. The van der Waals surface area contributed by atoms with Gasteiger partial charge in [0.1, 0.15) is 0 Å². The van der Waals surface area contributed by atoms with Crippen molar-refractivity contribution in [3.05, 3.63) is 45.9 Å². The largest absolute Gasteiger partial charge is 0.294 e. The third-order valence-electron chi connectivity index (χ3n) is 2.75. The smallest absolute Gasteiger partial charge is 0.160 e. The second-order valence-corrected chi connectivity index (χ2v) is 4.79. The van der Waals surface area contributed by atoms with Crippen LogP contribution in [0.4, 0.5) is 0 Å². The summed E-state index contributed by atoms with van der Waals surface area (Å²) in [5.74, 6) is -0.0626. The van der Waals surface area contributed by atoms with Gasteiger partial charge in [0.2, 0.25) is 0 Å². The molecule has 0 aliphatic rings. The molecule has 0 unspecified atom stereocenters. The van der Waals surface area contributed by atoms with Crippen LogP contribution in [0.15, 0.2) is 34.8 Å². The number of hydrogen-bond acceptors (Lipinski definition) is 2. The topological polar surface area (TPSA) is 34.1 Å². The lowest BCUT2D eigenvalue weighted by Gasteiger charge is -2.09. The normalized spacial score (nSPS) is 10.5. The van der Waals surface area contributed by atoms with E-state index in [0.29, 0.717) is 11.1 Å². The summed E-state index contributed by atoms with van der Waals surface area (Å²) in [5, 5.41) is 1.63. The minimum Gasteiger partial charge on any atom is -0.294 e. The molecule has 0 radical (unpaired) electrons. The maximum atomic E-state index is 11.6. The number of hydrogen-bond donors (Lipinski definition) is 0. The minimum atomic E-state index is -0.0313. The Morgan fingerprint density at radius 2 is 1.53 bits per heavy atom. The van der Waals surface area contributed by atoms with Crippen LogP contribution in [-0.2, 0) is 0 Å². The summed E-state index contributed by atoms with van der Waals surface area (Å²) in [7, 11) is 0. The van der Waals surface area contributed by atoms with E-state index in [9.17, 15) is 9.59 Å². The minimum absolute atomic E-state index is 0.0313. The molecule has 0 heterocycles. The van der Waals surface area contributed by atoms with Gasteiger partial charge < -0.3 is 0 Å². The number of Topliss-reactive ketones (excluding diaryl/α,β-unsaturated/α-hetero) is 2. The van der Waals surface area contributed by atoms with E-state index in [4.69, 9.17) is 0 Å². The third kappa shape index (κ3) is 2.03. The van der Waals surface area contributed by atoms with E-state index in [1.54, 1.807) is 12.1 Å². The van der Waals surface area contributed by atoms with Crippen LogP contribution in [0.1, 0.15) is 34.6 Å².